The summed E-state index contributed by atoms with van der Waals surface area (Å²) in [5.74, 6) is -1.35. The van der Waals surface area contributed by atoms with E-state index in [0.717, 1.165) is 53.5 Å². The van der Waals surface area contributed by atoms with E-state index >= 15 is 0 Å². The first-order chi connectivity index (χ1) is 18.4. The Hall–Kier alpha value is -4.06. The van der Waals surface area contributed by atoms with Crippen LogP contribution in [0.25, 0.3) is 0 Å². The second-order valence-corrected chi connectivity index (χ2v) is 9.10. The number of hydrogen-bond donors (Lipinski definition) is 4. The van der Waals surface area contributed by atoms with Crippen molar-refractivity contribution in [1.29, 1.82) is 5.26 Å². The van der Waals surface area contributed by atoms with Gasteiger partial charge in [0, 0.05) is 6.54 Å². The quantitative estimate of drug-likeness (QED) is 0.300. The van der Waals surface area contributed by atoms with Crippen LogP contribution >= 0.6 is 11.6 Å². The van der Waals surface area contributed by atoms with Crippen LogP contribution in [0, 0.1) is 11.3 Å². The van der Waals surface area contributed by atoms with Crippen LogP contribution in [0.15, 0.2) is 60.7 Å². The average molecular weight is 536 g/mol. The van der Waals surface area contributed by atoms with Crippen molar-refractivity contribution in [3.8, 4) is 11.8 Å². The van der Waals surface area contributed by atoms with Crippen molar-refractivity contribution in [2.45, 2.75) is 38.8 Å². The molecule has 3 aromatic carbocycles. The number of rotatable bonds is 9. The van der Waals surface area contributed by atoms with Crippen molar-refractivity contribution in [2.24, 2.45) is 0 Å². The topological polar surface area (TPSA) is 132 Å². The van der Waals surface area contributed by atoms with Gasteiger partial charge in [-0.2, -0.15) is 5.26 Å². The third-order valence-electron chi connectivity index (χ3n) is 5.89. The molecule has 0 saturated heterocycles. The molecule has 3 aromatic rings. The molecule has 8 nitrogen and oxygen atoms in total. The van der Waals surface area contributed by atoms with Gasteiger partial charge in [0.05, 0.1) is 35.2 Å². The van der Waals surface area contributed by atoms with Gasteiger partial charge in [-0.3, -0.25) is 9.59 Å². The van der Waals surface area contributed by atoms with Crippen molar-refractivity contribution in [2.75, 3.05) is 18.4 Å². The minimum Gasteiger partial charge on any atom is -0.489 e. The summed E-state index contributed by atoms with van der Waals surface area (Å²) in [4.78, 5) is 19.3. The Morgan fingerprint density at radius 1 is 0.974 bits per heavy atom. The Kier molecular flexibility index (Phi) is 11.0. The summed E-state index contributed by atoms with van der Waals surface area (Å²) in [7, 11) is 0. The average Bonchev–Trinajstić information content (AvgIpc) is 3.17. The van der Waals surface area contributed by atoms with Crippen LogP contribution in [0.4, 0.5) is 5.69 Å². The minimum atomic E-state index is -1.08. The van der Waals surface area contributed by atoms with Crippen LogP contribution in [0.3, 0.4) is 0 Å². The van der Waals surface area contributed by atoms with E-state index in [2.05, 4.69) is 34.9 Å². The molecule has 0 unspecified atom stereocenters. The third kappa shape index (κ3) is 9.11. The highest BCUT2D eigenvalue weighted by molar-refractivity contribution is 6.33. The molecular formula is C29H30ClN3O5. The highest BCUT2D eigenvalue weighted by Gasteiger charge is 2.14. The van der Waals surface area contributed by atoms with Gasteiger partial charge in [0.25, 0.3) is 0 Å². The molecule has 0 atom stereocenters. The fourth-order valence-corrected chi connectivity index (χ4v) is 4.18. The number of nitrogens with one attached hydrogen (secondary N) is 2. The van der Waals surface area contributed by atoms with Crippen molar-refractivity contribution >= 4 is 29.2 Å². The van der Waals surface area contributed by atoms with E-state index in [-0.39, 0.29) is 12.8 Å². The van der Waals surface area contributed by atoms with Crippen LogP contribution in [0.5, 0.6) is 5.75 Å². The first-order valence-electron chi connectivity index (χ1n) is 12.2. The van der Waals surface area contributed by atoms with Gasteiger partial charge in [-0.05, 0) is 78.5 Å². The number of carboxylic acids is 2. The molecule has 0 bridgehead atoms. The second-order valence-electron chi connectivity index (χ2n) is 8.70. The number of nitriles is 1. The highest BCUT2D eigenvalue weighted by Crippen LogP contribution is 2.31. The summed E-state index contributed by atoms with van der Waals surface area (Å²) in [6.45, 7) is 3.13. The first-order valence-corrected chi connectivity index (χ1v) is 12.6. The lowest BCUT2D eigenvalue weighted by Crippen LogP contribution is -2.16. The van der Waals surface area contributed by atoms with Gasteiger partial charge in [0.1, 0.15) is 12.4 Å². The lowest BCUT2D eigenvalue weighted by molar-refractivity contribution is -0.143. The molecule has 0 fully saturated rings. The van der Waals surface area contributed by atoms with Gasteiger partial charge in [-0.25, -0.2) is 0 Å². The maximum absolute atomic E-state index is 9.64. The van der Waals surface area contributed by atoms with Crippen molar-refractivity contribution in [3.05, 3.63) is 93.5 Å². The normalized spacial score (nSPS) is 12.1. The second kappa shape index (κ2) is 14.6. The molecule has 38 heavy (non-hydrogen) atoms. The van der Waals surface area contributed by atoms with E-state index in [0.29, 0.717) is 18.7 Å². The zero-order chi connectivity index (χ0) is 27.3. The van der Waals surface area contributed by atoms with E-state index in [1.807, 2.05) is 36.4 Å². The Bertz CT molecular complexity index is 1270. The number of carbonyl (C=O) groups is 2. The maximum Gasteiger partial charge on any atom is 0.303 e. The van der Waals surface area contributed by atoms with Gasteiger partial charge >= 0.3 is 11.9 Å². The SMILES string of the molecule is N#Cc1cccc(COc2ccc(CNc3c(Cl)ccc4c3CCNCC4)cc2)c1.O=C(O)CCC(=O)O. The van der Waals surface area contributed by atoms with E-state index < -0.39 is 11.9 Å². The van der Waals surface area contributed by atoms with Crippen LogP contribution < -0.4 is 15.4 Å². The van der Waals surface area contributed by atoms with Crippen LogP contribution in [-0.4, -0.2) is 35.2 Å². The largest absolute Gasteiger partial charge is 0.489 e. The molecule has 0 saturated carbocycles. The zero-order valence-corrected chi connectivity index (χ0v) is 21.6. The molecule has 4 rings (SSSR count). The molecule has 198 valence electrons. The fourth-order valence-electron chi connectivity index (χ4n) is 3.94. The number of carboxylic acid groups (broad SMARTS) is 2. The number of halogens is 1. The van der Waals surface area contributed by atoms with E-state index in [9.17, 15) is 9.59 Å². The van der Waals surface area contributed by atoms with Crippen molar-refractivity contribution in [3.63, 3.8) is 0 Å². The van der Waals surface area contributed by atoms with Gasteiger partial charge in [-0.1, -0.05) is 41.9 Å². The van der Waals surface area contributed by atoms with Gasteiger partial charge in [0.2, 0.25) is 0 Å². The number of fused-ring (bicyclic) bond motifs is 1. The number of anilines is 1. The van der Waals surface area contributed by atoms with Gasteiger partial charge < -0.3 is 25.6 Å². The summed E-state index contributed by atoms with van der Waals surface area (Å²) < 4.78 is 5.86. The predicted octanol–water partition coefficient (Wildman–Crippen LogP) is 5.03. The number of nitrogens with zero attached hydrogens (tertiary/aromatic N) is 1. The molecule has 4 N–H and O–H groups in total. The summed E-state index contributed by atoms with van der Waals surface area (Å²) in [6.07, 6.45) is 1.42. The van der Waals surface area contributed by atoms with Gasteiger partial charge in [-0.15, -0.1) is 0 Å². The molecule has 1 heterocycles. The molecule has 0 aromatic heterocycles. The van der Waals surface area contributed by atoms with Gasteiger partial charge in [0.15, 0.2) is 0 Å². The summed E-state index contributed by atoms with van der Waals surface area (Å²) >= 11 is 6.50. The smallest absolute Gasteiger partial charge is 0.303 e. The first kappa shape index (κ1) is 28.5. The maximum atomic E-state index is 9.64. The lowest BCUT2D eigenvalue weighted by atomic mass is 10.0. The Labute approximate surface area is 226 Å². The number of benzene rings is 3. The Balaban J connectivity index is 0.000000436. The van der Waals surface area contributed by atoms with E-state index in [1.165, 1.54) is 11.1 Å². The Morgan fingerprint density at radius 3 is 2.37 bits per heavy atom. The van der Waals surface area contributed by atoms with Crippen LogP contribution in [0.1, 0.15) is 40.7 Å². The monoisotopic (exact) mass is 535 g/mol. The van der Waals surface area contributed by atoms with Crippen LogP contribution in [0.2, 0.25) is 5.02 Å². The molecular weight excluding hydrogens is 506 g/mol. The van der Waals surface area contributed by atoms with Crippen molar-refractivity contribution in [1.82, 2.24) is 5.32 Å². The number of hydrogen-bond acceptors (Lipinski definition) is 6. The molecule has 9 heteroatoms. The highest BCUT2D eigenvalue weighted by atomic mass is 35.5. The zero-order valence-electron chi connectivity index (χ0n) is 20.9. The summed E-state index contributed by atoms with van der Waals surface area (Å²) in [5.41, 5.74) is 6.53. The molecule has 0 radical (unpaired) electrons. The molecule has 0 spiro atoms. The molecule has 1 aliphatic rings. The van der Waals surface area contributed by atoms with Crippen molar-refractivity contribution < 1.29 is 24.5 Å². The molecule has 0 aliphatic carbocycles. The number of aliphatic carboxylic acids is 2. The van der Waals surface area contributed by atoms with Crippen LogP contribution in [-0.2, 0) is 35.6 Å². The Morgan fingerprint density at radius 2 is 1.68 bits per heavy atom. The summed E-state index contributed by atoms with van der Waals surface area (Å²) in [6, 6.07) is 21.8. The van der Waals surface area contributed by atoms with E-state index in [4.69, 9.17) is 31.8 Å². The standard InChI is InChI=1S/C25H24ClN3O.C4H6O4/c26-24-9-6-21-10-12-28-13-11-23(21)25(24)29-16-18-4-7-22(8-5-18)30-17-20-3-1-2-19(14-20)15-27;5-3(6)1-2-4(7)8/h1-9,14,28-29H,10-13,16-17H2;1-2H2,(H,5,6)(H,7,8). The predicted molar refractivity (Wildman–Crippen MR) is 145 cm³/mol. The third-order valence-corrected chi connectivity index (χ3v) is 6.20. The molecule has 1 aliphatic heterocycles. The molecule has 0 amide bonds. The fraction of sp³-hybridized carbons (Fsp3) is 0.276. The van der Waals surface area contributed by atoms with E-state index in [1.54, 1.807) is 6.07 Å². The summed E-state index contributed by atoms with van der Waals surface area (Å²) in [5, 5.41) is 32.6. The lowest BCUT2D eigenvalue weighted by Gasteiger charge is -2.16. The number of ether oxygens (including phenoxy) is 1. The minimum absolute atomic E-state index is 0.296.